The van der Waals surface area contributed by atoms with Crippen molar-refractivity contribution >= 4 is 11.9 Å². The Morgan fingerprint density at radius 2 is 2.00 bits per heavy atom. The van der Waals surface area contributed by atoms with E-state index >= 15 is 0 Å². The average molecular weight is 253 g/mol. The van der Waals surface area contributed by atoms with Crippen LogP contribution in [0.2, 0.25) is 0 Å². The van der Waals surface area contributed by atoms with Crippen LogP contribution >= 0.6 is 0 Å². The van der Waals surface area contributed by atoms with Gasteiger partial charge < -0.3 is 15.4 Å². The first kappa shape index (κ1) is 14.5. The Balaban J connectivity index is 2.99. The molecule has 0 aliphatic heterocycles. The zero-order valence-electron chi connectivity index (χ0n) is 11.7. The fraction of sp³-hybridized carbons (Fsp3) is 0.750. The molecule has 1 heterocycles. The van der Waals surface area contributed by atoms with Crippen LogP contribution in [0.25, 0.3) is 0 Å². The highest BCUT2D eigenvalue weighted by molar-refractivity contribution is 5.36. The van der Waals surface area contributed by atoms with Crippen LogP contribution in [0.3, 0.4) is 0 Å². The second kappa shape index (κ2) is 6.98. The SMILES string of the molecule is CCCCN(c1nc(N)nc(OC)n1)C(C)CC. The van der Waals surface area contributed by atoms with E-state index in [0.29, 0.717) is 12.0 Å². The topological polar surface area (TPSA) is 77.2 Å². The summed E-state index contributed by atoms with van der Waals surface area (Å²) in [6.07, 6.45) is 3.25. The lowest BCUT2D eigenvalue weighted by molar-refractivity contribution is 0.378. The molecule has 2 N–H and O–H groups in total. The first-order valence-electron chi connectivity index (χ1n) is 6.44. The molecule has 1 atom stereocenters. The van der Waals surface area contributed by atoms with Gasteiger partial charge in [0.05, 0.1) is 7.11 Å². The summed E-state index contributed by atoms with van der Waals surface area (Å²) in [7, 11) is 1.53. The maximum atomic E-state index is 5.67. The van der Waals surface area contributed by atoms with Crippen molar-refractivity contribution in [1.82, 2.24) is 15.0 Å². The summed E-state index contributed by atoms with van der Waals surface area (Å²) in [4.78, 5) is 14.5. The molecule has 0 radical (unpaired) electrons. The van der Waals surface area contributed by atoms with Gasteiger partial charge in [-0.1, -0.05) is 20.3 Å². The highest BCUT2D eigenvalue weighted by Crippen LogP contribution is 2.17. The molecule has 18 heavy (non-hydrogen) atoms. The smallest absolute Gasteiger partial charge is 0.322 e. The summed E-state index contributed by atoms with van der Waals surface area (Å²) in [6, 6.07) is 0.630. The number of hydrogen-bond donors (Lipinski definition) is 1. The Labute approximate surface area is 109 Å². The number of rotatable bonds is 7. The molecule has 1 aromatic heterocycles. The van der Waals surface area contributed by atoms with Crippen LogP contribution in [0.15, 0.2) is 0 Å². The van der Waals surface area contributed by atoms with Gasteiger partial charge >= 0.3 is 6.01 Å². The molecule has 0 saturated heterocycles. The van der Waals surface area contributed by atoms with Crippen molar-refractivity contribution in [3.63, 3.8) is 0 Å². The quantitative estimate of drug-likeness (QED) is 0.799. The van der Waals surface area contributed by atoms with Crippen LogP contribution in [-0.4, -0.2) is 34.6 Å². The van der Waals surface area contributed by atoms with Gasteiger partial charge in [0.25, 0.3) is 0 Å². The van der Waals surface area contributed by atoms with Crippen molar-refractivity contribution in [2.24, 2.45) is 0 Å². The predicted molar refractivity (Wildman–Crippen MR) is 72.8 cm³/mol. The zero-order valence-corrected chi connectivity index (χ0v) is 11.7. The molecule has 0 saturated carbocycles. The molecule has 0 aromatic carbocycles. The largest absolute Gasteiger partial charge is 0.467 e. The van der Waals surface area contributed by atoms with Gasteiger partial charge in [-0.25, -0.2) is 0 Å². The monoisotopic (exact) mass is 253 g/mol. The molecular formula is C12H23N5O. The van der Waals surface area contributed by atoms with Gasteiger partial charge in [0.15, 0.2) is 0 Å². The molecule has 0 amide bonds. The summed E-state index contributed by atoms with van der Waals surface area (Å²) in [5.41, 5.74) is 5.67. The third-order valence-electron chi connectivity index (χ3n) is 2.94. The summed E-state index contributed by atoms with van der Waals surface area (Å²) >= 11 is 0. The van der Waals surface area contributed by atoms with Crippen molar-refractivity contribution in [2.45, 2.75) is 46.1 Å². The number of aromatic nitrogens is 3. The Bertz CT molecular complexity index is 371. The maximum absolute atomic E-state index is 5.67. The van der Waals surface area contributed by atoms with Crippen LogP contribution in [0, 0.1) is 0 Å². The molecular weight excluding hydrogens is 230 g/mol. The average Bonchev–Trinajstić information content (AvgIpc) is 2.38. The third-order valence-corrected chi connectivity index (χ3v) is 2.94. The number of hydrogen-bond acceptors (Lipinski definition) is 6. The molecule has 0 bridgehead atoms. The molecule has 6 nitrogen and oxygen atoms in total. The van der Waals surface area contributed by atoms with Crippen LogP contribution in [0.5, 0.6) is 6.01 Å². The van der Waals surface area contributed by atoms with Gasteiger partial charge in [-0.05, 0) is 19.8 Å². The summed E-state index contributed by atoms with van der Waals surface area (Å²) < 4.78 is 5.03. The summed E-state index contributed by atoms with van der Waals surface area (Å²) in [6.45, 7) is 7.38. The molecule has 6 heteroatoms. The number of nitrogens with zero attached hydrogens (tertiary/aromatic N) is 4. The Morgan fingerprint density at radius 3 is 2.56 bits per heavy atom. The Morgan fingerprint density at radius 1 is 1.28 bits per heavy atom. The van der Waals surface area contributed by atoms with E-state index in [0.717, 1.165) is 25.8 Å². The number of nitrogens with two attached hydrogens (primary N) is 1. The Hall–Kier alpha value is -1.59. The molecule has 1 unspecified atom stereocenters. The van der Waals surface area contributed by atoms with E-state index in [2.05, 4.69) is 40.6 Å². The minimum atomic E-state index is 0.196. The van der Waals surface area contributed by atoms with Gasteiger partial charge in [-0.15, -0.1) is 0 Å². The van der Waals surface area contributed by atoms with Gasteiger partial charge in [0, 0.05) is 12.6 Å². The van der Waals surface area contributed by atoms with E-state index in [-0.39, 0.29) is 12.0 Å². The van der Waals surface area contributed by atoms with Gasteiger partial charge in [0.1, 0.15) is 0 Å². The lowest BCUT2D eigenvalue weighted by Gasteiger charge is -2.28. The van der Waals surface area contributed by atoms with Crippen molar-refractivity contribution in [3.8, 4) is 6.01 Å². The number of ether oxygens (including phenoxy) is 1. The lowest BCUT2D eigenvalue weighted by Crippen LogP contribution is -2.35. The first-order valence-corrected chi connectivity index (χ1v) is 6.44. The van der Waals surface area contributed by atoms with Gasteiger partial charge in [0.2, 0.25) is 11.9 Å². The second-order valence-corrected chi connectivity index (χ2v) is 4.28. The van der Waals surface area contributed by atoms with Crippen LogP contribution < -0.4 is 15.4 Å². The normalized spacial score (nSPS) is 12.2. The first-order chi connectivity index (χ1) is 8.62. The number of anilines is 2. The predicted octanol–water partition coefficient (Wildman–Crippen LogP) is 1.87. The van der Waals surface area contributed by atoms with E-state index in [1.165, 1.54) is 7.11 Å². The fourth-order valence-electron chi connectivity index (χ4n) is 1.65. The second-order valence-electron chi connectivity index (χ2n) is 4.28. The molecule has 102 valence electrons. The number of nitrogen functional groups attached to an aromatic ring is 1. The van der Waals surface area contributed by atoms with E-state index < -0.39 is 0 Å². The molecule has 1 rings (SSSR count). The molecule has 0 fully saturated rings. The van der Waals surface area contributed by atoms with Gasteiger partial charge in [-0.2, -0.15) is 15.0 Å². The van der Waals surface area contributed by atoms with Crippen LogP contribution in [0.4, 0.5) is 11.9 Å². The molecule has 0 aliphatic carbocycles. The van der Waals surface area contributed by atoms with Crippen molar-refractivity contribution in [1.29, 1.82) is 0 Å². The van der Waals surface area contributed by atoms with E-state index in [1.54, 1.807) is 0 Å². The maximum Gasteiger partial charge on any atom is 0.322 e. The van der Waals surface area contributed by atoms with Crippen LogP contribution in [-0.2, 0) is 0 Å². The molecule has 0 aliphatic rings. The van der Waals surface area contributed by atoms with E-state index in [4.69, 9.17) is 10.5 Å². The fourth-order valence-corrected chi connectivity index (χ4v) is 1.65. The summed E-state index contributed by atoms with van der Waals surface area (Å²) in [5.74, 6) is 0.795. The minimum absolute atomic E-state index is 0.196. The van der Waals surface area contributed by atoms with Crippen molar-refractivity contribution in [3.05, 3.63) is 0 Å². The van der Waals surface area contributed by atoms with E-state index in [9.17, 15) is 0 Å². The lowest BCUT2D eigenvalue weighted by atomic mass is 10.2. The molecule has 1 aromatic rings. The minimum Gasteiger partial charge on any atom is -0.467 e. The standard InChI is InChI=1S/C12H23N5O/c1-5-7-8-17(9(3)6-2)11-14-10(13)15-12(16-11)18-4/h9H,5-8H2,1-4H3,(H2,13,14,15,16). The number of methoxy groups -OCH3 is 1. The van der Waals surface area contributed by atoms with Crippen LogP contribution in [0.1, 0.15) is 40.0 Å². The highest BCUT2D eigenvalue weighted by atomic mass is 16.5. The summed E-state index contributed by atoms with van der Waals surface area (Å²) in [5, 5.41) is 0. The third kappa shape index (κ3) is 3.72. The highest BCUT2D eigenvalue weighted by Gasteiger charge is 2.17. The van der Waals surface area contributed by atoms with Crippen molar-refractivity contribution in [2.75, 3.05) is 24.3 Å². The molecule has 0 spiro atoms. The van der Waals surface area contributed by atoms with Crippen molar-refractivity contribution < 1.29 is 4.74 Å². The number of unbranched alkanes of at least 4 members (excludes halogenated alkanes) is 1. The zero-order chi connectivity index (χ0) is 13.5. The van der Waals surface area contributed by atoms with Gasteiger partial charge in [-0.3, -0.25) is 0 Å². The van der Waals surface area contributed by atoms with E-state index in [1.807, 2.05) is 0 Å². The Kier molecular flexibility index (Phi) is 5.61.